The summed E-state index contributed by atoms with van der Waals surface area (Å²) in [6, 6.07) is 6.34. The molecule has 1 saturated heterocycles. The third-order valence-corrected chi connectivity index (χ3v) is 9.24. The number of fused-ring (bicyclic) bond motifs is 1. The number of amides is 1. The van der Waals surface area contributed by atoms with E-state index in [1.165, 1.54) is 25.3 Å². The molecule has 1 aromatic heterocycles. The smallest absolute Gasteiger partial charge is 0.406 e. The van der Waals surface area contributed by atoms with Crippen molar-refractivity contribution in [2.24, 2.45) is 5.92 Å². The van der Waals surface area contributed by atoms with Crippen LogP contribution in [-0.4, -0.2) is 86.7 Å². The lowest BCUT2D eigenvalue weighted by Gasteiger charge is -2.35. The summed E-state index contributed by atoms with van der Waals surface area (Å²) < 4.78 is 108. The predicted octanol–water partition coefficient (Wildman–Crippen LogP) is 4.87. The third kappa shape index (κ3) is 9.06. The molecule has 3 aromatic rings. The van der Waals surface area contributed by atoms with Crippen molar-refractivity contribution < 1.29 is 44.3 Å². The van der Waals surface area contributed by atoms with Gasteiger partial charge in [-0.25, -0.2) is 13.4 Å². The molecule has 46 heavy (non-hydrogen) atoms. The van der Waals surface area contributed by atoms with Crippen LogP contribution < -0.4 is 15.4 Å². The van der Waals surface area contributed by atoms with E-state index in [-0.39, 0.29) is 51.3 Å². The highest BCUT2D eigenvalue weighted by molar-refractivity contribution is 7.91. The highest BCUT2D eigenvalue weighted by atomic mass is 32.2. The molecule has 2 N–H and O–H groups in total. The van der Waals surface area contributed by atoms with Gasteiger partial charge in [0.05, 0.1) is 53.8 Å². The van der Waals surface area contributed by atoms with Gasteiger partial charge in [0.2, 0.25) is 0 Å². The summed E-state index contributed by atoms with van der Waals surface area (Å²) in [5.74, 6) is 4.28. The Bertz CT molecular complexity index is 1740. The van der Waals surface area contributed by atoms with Crippen molar-refractivity contribution in [2.75, 3.05) is 44.9 Å². The number of halogens is 6. The van der Waals surface area contributed by atoms with Gasteiger partial charge in [-0.3, -0.25) is 4.79 Å². The number of methoxy groups -OCH3 is 1. The van der Waals surface area contributed by atoms with Gasteiger partial charge in [-0.05, 0) is 50.2 Å². The number of likely N-dealkylation sites (tertiary alicyclic amines) is 1. The van der Waals surface area contributed by atoms with Gasteiger partial charge < -0.3 is 24.8 Å². The summed E-state index contributed by atoms with van der Waals surface area (Å²) >= 11 is 0. The molecule has 16 heteroatoms. The van der Waals surface area contributed by atoms with E-state index >= 15 is 0 Å². The lowest BCUT2D eigenvalue weighted by atomic mass is 9.93. The standard InChI is InChI=1S/C30H33F6N5O4S/c1-19-16-40(2)11-8-23(19)39-28(42)22-13-20(14-25-27(22)38-18-41(25)17-30(34,35)36)5-4-10-37-24-7-6-21(15-26(24)45-3)46(43,44)12-9-29(31,32)33/h6-7,13-15,18-19,23,37H,8-12,16-17H2,1-3H3,(H,39,42)/t19-,23-/m0/s1. The molecule has 0 spiro atoms. The molecule has 4 rings (SSSR count). The van der Waals surface area contributed by atoms with Crippen LogP contribution in [0.25, 0.3) is 11.0 Å². The van der Waals surface area contributed by atoms with Crippen LogP contribution in [0, 0.1) is 17.8 Å². The van der Waals surface area contributed by atoms with Crippen molar-refractivity contribution >= 4 is 32.5 Å². The van der Waals surface area contributed by atoms with Crippen LogP contribution in [-0.2, 0) is 16.4 Å². The Kier molecular flexibility index (Phi) is 10.5. The summed E-state index contributed by atoms with van der Waals surface area (Å²) in [6.07, 6.45) is -8.90. The van der Waals surface area contributed by atoms with E-state index in [2.05, 4.69) is 32.4 Å². The fourth-order valence-corrected chi connectivity index (χ4v) is 6.51. The van der Waals surface area contributed by atoms with E-state index < -0.39 is 46.8 Å². The summed E-state index contributed by atoms with van der Waals surface area (Å²) in [5.41, 5.74) is 0.852. The molecule has 0 radical (unpaired) electrons. The first kappa shape index (κ1) is 34.9. The molecular formula is C30H33F6N5O4S. The second-order valence-electron chi connectivity index (χ2n) is 11.2. The number of piperidine rings is 1. The average molecular weight is 674 g/mol. The van der Waals surface area contributed by atoms with Gasteiger partial charge >= 0.3 is 12.4 Å². The summed E-state index contributed by atoms with van der Waals surface area (Å²) in [4.78, 5) is 19.3. The maximum absolute atomic E-state index is 13.4. The van der Waals surface area contributed by atoms with Crippen LogP contribution in [0.1, 0.15) is 35.7 Å². The quantitative estimate of drug-likeness (QED) is 0.247. The number of imidazole rings is 1. The van der Waals surface area contributed by atoms with Crippen molar-refractivity contribution in [3.05, 3.63) is 47.8 Å². The second-order valence-corrected chi connectivity index (χ2v) is 13.3. The Hall–Kier alpha value is -3.97. The zero-order chi connectivity index (χ0) is 33.9. The van der Waals surface area contributed by atoms with Crippen LogP contribution in [0.3, 0.4) is 0 Å². The zero-order valence-corrected chi connectivity index (χ0v) is 26.0. The van der Waals surface area contributed by atoms with Gasteiger partial charge in [-0.1, -0.05) is 18.8 Å². The number of aromatic nitrogens is 2. The Morgan fingerprint density at radius 3 is 2.52 bits per heavy atom. The van der Waals surface area contributed by atoms with Crippen molar-refractivity contribution in [3.8, 4) is 17.6 Å². The number of ether oxygens (including phenoxy) is 1. The van der Waals surface area contributed by atoms with Crippen molar-refractivity contribution in [2.45, 2.75) is 49.6 Å². The maximum Gasteiger partial charge on any atom is 0.406 e. The Balaban J connectivity index is 1.56. The molecule has 1 aliphatic rings. The van der Waals surface area contributed by atoms with Crippen LogP contribution >= 0.6 is 0 Å². The van der Waals surface area contributed by atoms with E-state index in [0.29, 0.717) is 12.1 Å². The molecule has 0 unspecified atom stereocenters. The monoisotopic (exact) mass is 673 g/mol. The topological polar surface area (TPSA) is 106 Å². The lowest BCUT2D eigenvalue weighted by Crippen LogP contribution is -2.48. The van der Waals surface area contributed by atoms with E-state index in [9.17, 15) is 39.6 Å². The zero-order valence-electron chi connectivity index (χ0n) is 25.2. The SMILES string of the molecule is COc1cc(S(=O)(=O)CCC(F)(F)F)ccc1NCC#Cc1cc(C(=O)N[C@H]2CCN(C)C[C@@H]2C)c2ncn(CC(F)(F)F)c2c1. The van der Waals surface area contributed by atoms with Gasteiger partial charge in [-0.2, -0.15) is 26.3 Å². The summed E-state index contributed by atoms with van der Waals surface area (Å²) in [6.45, 7) is 2.23. The fourth-order valence-electron chi connectivity index (χ4n) is 5.21. The molecule has 2 heterocycles. The van der Waals surface area contributed by atoms with Gasteiger partial charge in [0, 0.05) is 24.2 Å². The largest absolute Gasteiger partial charge is 0.495 e. The molecule has 250 valence electrons. The first-order valence-corrected chi connectivity index (χ1v) is 15.9. The number of alkyl halides is 6. The van der Waals surface area contributed by atoms with Gasteiger partial charge in [-0.15, -0.1) is 0 Å². The molecule has 9 nitrogen and oxygen atoms in total. The normalized spacial score (nSPS) is 17.8. The molecule has 0 aliphatic carbocycles. The van der Waals surface area contributed by atoms with E-state index in [1.807, 2.05) is 14.0 Å². The van der Waals surface area contributed by atoms with Crippen molar-refractivity contribution in [1.29, 1.82) is 0 Å². The van der Waals surface area contributed by atoms with Gasteiger partial charge in [0.25, 0.3) is 5.91 Å². The predicted molar refractivity (Wildman–Crippen MR) is 159 cm³/mol. The summed E-state index contributed by atoms with van der Waals surface area (Å²) in [5, 5.41) is 5.93. The number of hydrogen-bond acceptors (Lipinski definition) is 7. The highest BCUT2D eigenvalue weighted by Gasteiger charge is 2.32. The number of carbonyl (C=O) groups excluding carboxylic acids is 1. The minimum Gasteiger partial charge on any atom is -0.495 e. The first-order chi connectivity index (χ1) is 21.5. The van der Waals surface area contributed by atoms with E-state index in [4.69, 9.17) is 4.74 Å². The van der Waals surface area contributed by atoms with Crippen LogP contribution in [0.4, 0.5) is 32.0 Å². The van der Waals surface area contributed by atoms with Crippen LogP contribution in [0.2, 0.25) is 0 Å². The number of carbonyl (C=O) groups is 1. The molecular weight excluding hydrogens is 640 g/mol. The second kappa shape index (κ2) is 13.8. The average Bonchev–Trinajstić information content (AvgIpc) is 3.35. The molecule has 0 bridgehead atoms. The van der Waals surface area contributed by atoms with Crippen LogP contribution in [0.5, 0.6) is 5.75 Å². The maximum atomic E-state index is 13.4. The van der Waals surface area contributed by atoms with Gasteiger partial charge in [0.15, 0.2) is 9.84 Å². The van der Waals surface area contributed by atoms with Crippen LogP contribution in [0.15, 0.2) is 41.6 Å². The third-order valence-electron chi connectivity index (χ3n) is 7.53. The minimum absolute atomic E-state index is 0.0367. The Morgan fingerprint density at radius 1 is 1.13 bits per heavy atom. The van der Waals surface area contributed by atoms with Crippen molar-refractivity contribution in [1.82, 2.24) is 19.8 Å². The first-order valence-electron chi connectivity index (χ1n) is 14.2. The number of rotatable bonds is 9. The number of sulfone groups is 1. The molecule has 1 aliphatic heterocycles. The number of hydrogen-bond donors (Lipinski definition) is 2. The molecule has 2 aromatic carbocycles. The van der Waals surface area contributed by atoms with E-state index in [0.717, 1.165) is 36.1 Å². The minimum atomic E-state index is -4.63. The number of anilines is 1. The Morgan fingerprint density at radius 2 is 1.87 bits per heavy atom. The molecule has 2 atom stereocenters. The van der Waals surface area contributed by atoms with E-state index in [1.54, 1.807) is 0 Å². The molecule has 1 amide bonds. The Labute approximate surface area is 262 Å². The number of nitrogens with one attached hydrogen (secondary N) is 2. The lowest BCUT2D eigenvalue weighted by molar-refractivity contribution is -0.140. The van der Waals surface area contributed by atoms with Gasteiger partial charge in [0.1, 0.15) is 17.8 Å². The number of nitrogens with zero attached hydrogens (tertiary/aromatic N) is 3. The molecule has 1 fully saturated rings. The van der Waals surface area contributed by atoms with Crippen molar-refractivity contribution in [3.63, 3.8) is 0 Å². The highest BCUT2D eigenvalue weighted by Crippen LogP contribution is 2.30. The summed E-state index contributed by atoms with van der Waals surface area (Å²) in [7, 11) is -0.979. The fraction of sp³-hybridized carbons (Fsp3) is 0.467. The number of benzene rings is 2. The molecule has 0 saturated carbocycles.